The maximum atomic E-state index is 16.1. The molecule has 3 heterocycles. The molecular formula is C31H36ClF3N4O4S. The summed E-state index contributed by atoms with van der Waals surface area (Å²) in [6, 6.07) is 9.44. The Kier molecular flexibility index (Phi) is 9.25. The molecule has 0 N–H and O–H groups in total. The lowest BCUT2D eigenvalue weighted by atomic mass is 9.77. The maximum Gasteiger partial charge on any atom is 0.271 e. The van der Waals surface area contributed by atoms with Crippen molar-refractivity contribution in [2.75, 3.05) is 50.1 Å². The Bertz CT molecular complexity index is 1650. The first-order chi connectivity index (χ1) is 20.9. The van der Waals surface area contributed by atoms with Gasteiger partial charge >= 0.3 is 0 Å². The number of benzene rings is 2. The van der Waals surface area contributed by atoms with Gasteiger partial charge < -0.3 is 19.3 Å². The van der Waals surface area contributed by atoms with Gasteiger partial charge in [-0.1, -0.05) is 31.0 Å². The molecule has 13 heteroatoms. The molecule has 0 aliphatic carbocycles. The highest BCUT2D eigenvalue weighted by atomic mass is 35.5. The third-order valence-corrected chi connectivity index (χ3v) is 11.0. The number of ether oxygens (including phenoxy) is 2. The van der Waals surface area contributed by atoms with Crippen molar-refractivity contribution < 1.29 is 31.1 Å². The lowest BCUT2D eigenvalue weighted by molar-refractivity contribution is 0.0778. The Hall–Kier alpha value is -3.22. The van der Waals surface area contributed by atoms with Crippen LogP contribution in [0, 0.1) is 23.0 Å². The molecule has 8 nitrogen and oxygen atoms in total. The van der Waals surface area contributed by atoms with Crippen molar-refractivity contribution >= 4 is 33.1 Å². The molecule has 44 heavy (non-hydrogen) atoms. The van der Waals surface area contributed by atoms with Gasteiger partial charge in [0, 0.05) is 42.2 Å². The van der Waals surface area contributed by atoms with Crippen LogP contribution in [0.25, 0.3) is 0 Å². The first kappa shape index (κ1) is 32.2. The zero-order valence-corrected chi connectivity index (χ0v) is 26.7. The number of anilines is 2. The van der Waals surface area contributed by atoms with Crippen molar-refractivity contribution in [3.05, 3.63) is 70.6 Å². The van der Waals surface area contributed by atoms with Gasteiger partial charge in [0.25, 0.3) is 10.0 Å². The molecule has 0 unspecified atom stereocenters. The second kappa shape index (κ2) is 12.6. The lowest BCUT2D eigenvalue weighted by Crippen LogP contribution is -2.48. The number of likely N-dealkylation sites (tertiary alicyclic amines) is 1. The molecule has 0 bridgehead atoms. The van der Waals surface area contributed by atoms with E-state index in [4.69, 9.17) is 21.1 Å². The van der Waals surface area contributed by atoms with E-state index in [-0.39, 0.29) is 22.7 Å². The lowest BCUT2D eigenvalue weighted by Gasteiger charge is -2.43. The van der Waals surface area contributed by atoms with Crippen LogP contribution in [0.1, 0.15) is 38.2 Å². The van der Waals surface area contributed by atoms with Crippen molar-refractivity contribution in [2.45, 2.75) is 50.1 Å². The maximum absolute atomic E-state index is 16.1. The van der Waals surface area contributed by atoms with Crippen LogP contribution in [0.15, 0.2) is 47.4 Å². The SMILES string of the molecule is COc1ccc(CN(c2cccc(F)n2)S(=O)(=O)c2c(F)cc(N3CC[C@@](C)([C@@H]4CCCCN4C)C3)c(Cl)c2F)c(OC)c1. The molecule has 2 aliphatic rings. The topological polar surface area (TPSA) is 75.2 Å². The summed E-state index contributed by atoms with van der Waals surface area (Å²) < 4.78 is 85.6. The standard InChI is InChI=1S/C31H36ClF3N4O4S/c1-31(25-8-5-6-14-37(25)2)13-15-38(19-31)23-17-22(33)30(29(35)28(23)32)44(40,41)39(27-10-7-9-26(34)36-27)18-20-11-12-21(42-3)16-24(20)43-4/h7,9-12,16-17,25H,5-6,8,13-15,18-19H2,1-4H3/t25-,31+/m0/s1. The number of methoxy groups -OCH3 is 2. The van der Waals surface area contributed by atoms with Crippen molar-refractivity contribution in [3.63, 3.8) is 0 Å². The average molecular weight is 653 g/mol. The Morgan fingerprint density at radius 2 is 1.86 bits per heavy atom. The molecule has 2 atom stereocenters. The van der Waals surface area contributed by atoms with Gasteiger partial charge in [-0.25, -0.2) is 26.5 Å². The summed E-state index contributed by atoms with van der Waals surface area (Å²) in [4.78, 5) is 6.62. The number of aromatic nitrogens is 1. The van der Waals surface area contributed by atoms with Crippen molar-refractivity contribution in [1.29, 1.82) is 0 Å². The number of pyridine rings is 1. The highest BCUT2D eigenvalue weighted by Gasteiger charge is 2.44. The van der Waals surface area contributed by atoms with Gasteiger partial charge in [-0.15, -0.1) is 0 Å². The van der Waals surface area contributed by atoms with Crippen LogP contribution < -0.4 is 18.7 Å². The fourth-order valence-electron chi connectivity index (χ4n) is 6.52. The molecular weight excluding hydrogens is 617 g/mol. The normalized spacial score (nSPS) is 21.0. The van der Waals surface area contributed by atoms with Crippen molar-refractivity contribution in [2.24, 2.45) is 5.41 Å². The van der Waals surface area contributed by atoms with Crippen LogP contribution in [0.4, 0.5) is 24.7 Å². The van der Waals surface area contributed by atoms with Crippen LogP contribution in [-0.2, 0) is 16.6 Å². The summed E-state index contributed by atoms with van der Waals surface area (Å²) in [5.41, 5.74) is 0.276. The highest BCUT2D eigenvalue weighted by molar-refractivity contribution is 7.92. The van der Waals surface area contributed by atoms with E-state index >= 15 is 8.78 Å². The zero-order valence-electron chi connectivity index (χ0n) is 25.1. The van der Waals surface area contributed by atoms with Gasteiger partial charge in [0.05, 0.1) is 26.5 Å². The quantitative estimate of drug-likeness (QED) is 0.199. The van der Waals surface area contributed by atoms with Crippen LogP contribution in [0.5, 0.6) is 11.5 Å². The summed E-state index contributed by atoms with van der Waals surface area (Å²) in [6.07, 6.45) is 4.10. The van der Waals surface area contributed by atoms with Gasteiger partial charge in [-0.3, -0.25) is 0 Å². The molecule has 2 aliphatic heterocycles. The fourth-order valence-corrected chi connectivity index (χ4v) is 8.36. The minimum Gasteiger partial charge on any atom is -0.497 e. The molecule has 238 valence electrons. The average Bonchev–Trinajstić information content (AvgIpc) is 3.40. The number of nitrogens with zero attached hydrogens (tertiary/aromatic N) is 4. The van der Waals surface area contributed by atoms with Gasteiger partial charge in [-0.2, -0.15) is 4.39 Å². The summed E-state index contributed by atoms with van der Waals surface area (Å²) in [7, 11) is -0.0855. The smallest absolute Gasteiger partial charge is 0.271 e. The first-order valence-corrected chi connectivity index (χ1v) is 16.2. The van der Waals surface area contributed by atoms with Gasteiger partial charge in [0.15, 0.2) is 10.7 Å². The minimum absolute atomic E-state index is 0.0926. The highest BCUT2D eigenvalue weighted by Crippen LogP contribution is 2.45. The Morgan fingerprint density at radius 1 is 1.09 bits per heavy atom. The second-order valence-electron chi connectivity index (χ2n) is 11.7. The molecule has 0 amide bonds. The third kappa shape index (κ3) is 6.03. The summed E-state index contributed by atoms with van der Waals surface area (Å²) >= 11 is 6.49. The molecule has 0 spiro atoms. The van der Waals surface area contributed by atoms with Crippen LogP contribution in [-0.4, -0.2) is 65.2 Å². The van der Waals surface area contributed by atoms with Crippen LogP contribution >= 0.6 is 11.6 Å². The van der Waals surface area contributed by atoms with E-state index < -0.39 is 44.1 Å². The molecule has 3 aromatic rings. The minimum atomic E-state index is -5.02. The molecule has 1 aromatic heterocycles. The van der Waals surface area contributed by atoms with E-state index in [1.54, 1.807) is 6.07 Å². The van der Waals surface area contributed by atoms with Crippen molar-refractivity contribution in [1.82, 2.24) is 9.88 Å². The fraction of sp³-hybridized carbons (Fsp3) is 0.452. The molecule has 2 aromatic carbocycles. The first-order valence-electron chi connectivity index (χ1n) is 14.4. The predicted molar refractivity (Wildman–Crippen MR) is 164 cm³/mol. The number of sulfonamides is 1. The van der Waals surface area contributed by atoms with E-state index in [9.17, 15) is 12.8 Å². The molecule has 0 saturated carbocycles. The van der Waals surface area contributed by atoms with Gasteiger partial charge in [0.2, 0.25) is 5.95 Å². The van der Waals surface area contributed by atoms with Crippen LogP contribution in [0.3, 0.4) is 0 Å². The summed E-state index contributed by atoms with van der Waals surface area (Å²) in [5.74, 6) is -3.40. The number of piperidine rings is 1. The molecule has 2 saturated heterocycles. The molecule has 5 rings (SSSR count). The predicted octanol–water partition coefficient (Wildman–Crippen LogP) is 6.27. The third-order valence-electron chi connectivity index (χ3n) is 8.83. The second-order valence-corrected chi connectivity index (χ2v) is 13.8. The summed E-state index contributed by atoms with van der Waals surface area (Å²) in [5, 5.41) is -0.500. The van der Waals surface area contributed by atoms with E-state index in [1.165, 1.54) is 38.5 Å². The number of rotatable bonds is 9. The van der Waals surface area contributed by atoms with Gasteiger partial charge in [0.1, 0.15) is 28.2 Å². The van der Waals surface area contributed by atoms with E-state index in [2.05, 4.69) is 23.9 Å². The Balaban J connectivity index is 1.53. The monoisotopic (exact) mass is 652 g/mol. The molecule has 0 radical (unpaired) electrons. The number of hydrogen-bond donors (Lipinski definition) is 0. The largest absolute Gasteiger partial charge is 0.497 e. The van der Waals surface area contributed by atoms with E-state index in [0.717, 1.165) is 44.4 Å². The van der Waals surface area contributed by atoms with Gasteiger partial charge in [-0.05, 0) is 57.1 Å². The Morgan fingerprint density at radius 3 is 2.55 bits per heavy atom. The zero-order chi connectivity index (χ0) is 31.8. The van der Waals surface area contributed by atoms with E-state index in [0.29, 0.717) is 34.7 Å². The number of halogens is 4. The summed E-state index contributed by atoms with van der Waals surface area (Å²) in [6.45, 7) is 3.72. The van der Waals surface area contributed by atoms with Crippen molar-refractivity contribution in [3.8, 4) is 11.5 Å². The van der Waals surface area contributed by atoms with E-state index in [1.807, 2.05) is 4.90 Å². The Labute approximate surface area is 261 Å². The van der Waals surface area contributed by atoms with Crippen LogP contribution in [0.2, 0.25) is 5.02 Å². The molecule has 2 fully saturated rings. The number of hydrogen-bond acceptors (Lipinski definition) is 7.